The van der Waals surface area contributed by atoms with Gasteiger partial charge in [0.25, 0.3) is 0 Å². The van der Waals surface area contributed by atoms with E-state index in [1.807, 2.05) is 32.0 Å². The maximum atomic E-state index is 11.9. The van der Waals surface area contributed by atoms with Crippen LogP contribution in [-0.2, 0) is 9.53 Å². The van der Waals surface area contributed by atoms with E-state index < -0.39 is 23.7 Å². The first-order chi connectivity index (χ1) is 9.58. The predicted octanol–water partition coefficient (Wildman–Crippen LogP) is 3.34. The SMILES string of the molecule is Cc1ccc(C)c([C@@H](CC(=O)O)NC(=O)OC(C)(C)C)c1. The third-order valence-electron chi connectivity index (χ3n) is 2.88. The van der Waals surface area contributed by atoms with E-state index in [-0.39, 0.29) is 6.42 Å². The summed E-state index contributed by atoms with van der Waals surface area (Å²) >= 11 is 0. The number of carbonyl (C=O) groups excluding carboxylic acids is 1. The van der Waals surface area contributed by atoms with Gasteiger partial charge in [-0.05, 0) is 45.7 Å². The van der Waals surface area contributed by atoms with Crippen molar-refractivity contribution >= 4 is 12.1 Å². The zero-order chi connectivity index (χ0) is 16.2. The molecule has 0 fully saturated rings. The zero-order valence-electron chi connectivity index (χ0n) is 13.2. The second-order valence-electron chi connectivity index (χ2n) is 6.16. The van der Waals surface area contributed by atoms with Crippen molar-refractivity contribution in [2.45, 2.75) is 52.7 Å². The highest BCUT2D eigenvalue weighted by Gasteiger charge is 2.23. The van der Waals surface area contributed by atoms with Gasteiger partial charge in [-0.1, -0.05) is 23.8 Å². The van der Waals surface area contributed by atoms with E-state index >= 15 is 0 Å². The molecule has 0 aliphatic heterocycles. The van der Waals surface area contributed by atoms with Gasteiger partial charge >= 0.3 is 12.1 Å². The van der Waals surface area contributed by atoms with Crippen molar-refractivity contribution in [1.29, 1.82) is 0 Å². The molecule has 5 nitrogen and oxygen atoms in total. The van der Waals surface area contributed by atoms with E-state index in [1.165, 1.54) is 0 Å². The van der Waals surface area contributed by atoms with Crippen molar-refractivity contribution in [3.63, 3.8) is 0 Å². The summed E-state index contributed by atoms with van der Waals surface area (Å²) in [6.45, 7) is 9.10. The Morgan fingerprint density at radius 1 is 1.29 bits per heavy atom. The fraction of sp³-hybridized carbons (Fsp3) is 0.500. The molecule has 0 saturated carbocycles. The van der Waals surface area contributed by atoms with Gasteiger partial charge in [0, 0.05) is 0 Å². The van der Waals surface area contributed by atoms with Gasteiger partial charge in [-0.3, -0.25) is 4.79 Å². The van der Waals surface area contributed by atoms with E-state index in [9.17, 15) is 9.59 Å². The van der Waals surface area contributed by atoms with E-state index in [4.69, 9.17) is 9.84 Å². The van der Waals surface area contributed by atoms with Crippen LogP contribution in [0.25, 0.3) is 0 Å². The van der Waals surface area contributed by atoms with Crippen LogP contribution in [0, 0.1) is 13.8 Å². The highest BCUT2D eigenvalue weighted by Crippen LogP contribution is 2.23. The number of carbonyl (C=O) groups is 2. The summed E-state index contributed by atoms with van der Waals surface area (Å²) in [5.41, 5.74) is 2.11. The van der Waals surface area contributed by atoms with Crippen LogP contribution in [0.3, 0.4) is 0 Å². The summed E-state index contributed by atoms with van der Waals surface area (Å²) in [5, 5.41) is 11.7. The van der Waals surface area contributed by atoms with Gasteiger partial charge in [0.1, 0.15) is 5.60 Å². The molecule has 0 aliphatic rings. The van der Waals surface area contributed by atoms with Gasteiger partial charge in [-0.25, -0.2) is 4.79 Å². The number of rotatable bonds is 4. The Balaban J connectivity index is 2.98. The third-order valence-corrected chi connectivity index (χ3v) is 2.88. The second-order valence-corrected chi connectivity index (χ2v) is 6.16. The van der Waals surface area contributed by atoms with Crippen molar-refractivity contribution in [2.24, 2.45) is 0 Å². The first kappa shape index (κ1) is 17.0. The number of aliphatic carboxylic acids is 1. The third kappa shape index (κ3) is 5.85. The van der Waals surface area contributed by atoms with Crippen LogP contribution in [0.5, 0.6) is 0 Å². The summed E-state index contributed by atoms with van der Waals surface area (Å²) in [7, 11) is 0. The average Bonchev–Trinajstić information content (AvgIpc) is 2.28. The molecule has 0 aliphatic carbocycles. The summed E-state index contributed by atoms with van der Waals surface area (Å²) in [4.78, 5) is 22.9. The maximum absolute atomic E-state index is 11.9. The number of nitrogens with one attached hydrogen (secondary N) is 1. The summed E-state index contributed by atoms with van der Waals surface area (Å²) in [6.07, 6.45) is -0.807. The molecule has 1 amide bonds. The topological polar surface area (TPSA) is 75.6 Å². The number of alkyl carbamates (subject to hydrolysis) is 1. The standard InChI is InChI=1S/C16H23NO4/c1-10-6-7-11(2)12(8-10)13(9-14(18)19)17-15(20)21-16(3,4)5/h6-8,13H,9H2,1-5H3,(H,17,20)(H,18,19)/t13-/m1/s1. The van der Waals surface area contributed by atoms with Crippen LogP contribution >= 0.6 is 0 Å². The number of aryl methyl sites for hydroxylation is 2. The Labute approximate surface area is 125 Å². The molecule has 1 aromatic carbocycles. The fourth-order valence-electron chi connectivity index (χ4n) is 2.00. The van der Waals surface area contributed by atoms with Crippen LogP contribution < -0.4 is 5.32 Å². The minimum Gasteiger partial charge on any atom is -0.481 e. The van der Waals surface area contributed by atoms with Crippen LogP contribution in [-0.4, -0.2) is 22.8 Å². The molecule has 0 spiro atoms. The molecule has 5 heteroatoms. The lowest BCUT2D eigenvalue weighted by molar-refractivity contribution is -0.137. The maximum Gasteiger partial charge on any atom is 0.408 e. The minimum absolute atomic E-state index is 0.191. The van der Waals surface area contributed by atoms with Gasteiger partial charge in [-0.15, -0.1) is 0 Å². The van der Waals surface area contributed by atoms with Gasteiger partial charge in [0.05, 0.1) is 12.5 Å². The molecule has 1 atom stereocenters. The predicted molar refractivity (Wildman–Crippen MR) is 80.3 cm³/mol. The number of ether oxygens (including phenoxy) is 1. The minimum atomic E-state index is -0.975. The van der Waals surface area contributed by atoms with Gasteiger partial charge in [0.2, 0.25) is 0 Å². The first-order valence-electron chi connectivity index (χ1n) is 6.87. The lowest BCUT2D eigenvalue weighted by Crippen LogP contribution is -2.36. The van der Waals surface area contributed by atoms with Gasteiger partial charge < -0.3 is 15.2 Å². The Bertz CT molecular complexity index is 532. The highest BCUT2D eigenvalue weighted by molar-refractivity contribution is 5.72. The van der Waals surface area contributed by atoms with Crippen LogP contribution in [0.1, 0.15) is 49.9 Å². The number of hydrogen-bond donors (Lipinski definition) is 2. The Kier molecular flexibility index (Phi) is 5.35. The summed E-state index contributed by atoms with van der Waals surface area (Å²) in [6, 6.07) is 5.14. The quantitative estimate of drug-likeness (QED) is 0.892. The molecule has 0 unspecified atom stereocenters. The van der Waals surface area contributed by atoms with E-state index in [2.05, 4.69) is 5.32 Å². The fourth-order valence-corrected chi connectivity index (χ4v) is 2.00. The van der Waals surface area contributed by atoms with Crippen molar-refractivity contribution in [2.75, 3.05) is 0 Å². The molecular weight excluding hydrogens is 270 g/mol. The van der Waals surface area contributed by atoms with Crippen molar-refractivity contribution in [3.05, 3.63) is 34.9 Å². The second kappa shape index (κ2) is 6.61. The number of carboxylic acids is 1. The number of amides is 1. The van der Waals surface area contributed by atoms with Crippen LogP contribution in [0.4, 0.5) is 4.79 Å². The molecule has 0 heterocycles. The number of benzene rings is 1. The Morgan fingerprint density at radius 3 is 2.43 bits per heavy atom. The highest BCUT2D eigenvalue weighted by atomic mass is 16.6. The lowest BCUT2D eigenvalue weighted by atomic mass is 9.97. The largest absolute Gasteiger partial charge is 0.481 e. The molecule has 2 N–H and O–H groups in total. The van der Waals surface area contributed by atoms with Crippen LogP contribution in [0.15, 0.2) is 18.2 Å². The van der Waals surface area contributed by atoms with Crippen LogP contribution in [0.2, 0.25) is 0 Å². The van der Waals surface area contributed by atoms with E-state index in [0.29, 0.717) is 0 Å². The van der Waals surface area contributed by atoms with Crippen molar-refractivity contribution < 1.29 is 19.4 Å². The normalized spacial score (nSPS) is 12.6. The summed E-state index contributed by atoms with van der Waals surface area (Å²) < 4.78 is 5.20. The first-order valence-corrected chi connectivity index (χ1v) is 6.87. The number of hydrogen-bond acceptors (Lipinski definition) is 3. The molecular formula is C16H23NO4. The van der Waals surface area contributed by atoms with Gasteiger partial charge in [0.15, 0.2) is 0 Å². The monoisotopic (exact) mass is 293 g/mol. The number of carboxylic acid groups (broad SMARTS) is 1. The van der Waals surface area contributed by atoms with E-state index in [0.717, 1.165) is 16.7 Å². The Morgan fingerprint density at radius 2 is 1.90 bits per heavy atom. The summed E-state index contributed by atoms with van der Waals surface area (Å²) in [5.74, 6) is -0.975. The zero-order valence-corrected chi connectivity index (χ0v) is 13.2. The van der Waals surface area contributed by atoms with E-state index in [1.54, 1.807) is 20.8 Å². The molecule has 1 rings (SSSR count). The van der Waals surface area contributed by atoms with Crippen molar-refractivity contribution in [3.8, 4) is 0 Å². The smallest absolute Gasteiger partial charge is 0.408 e. The molecule has 0 aromatic heterocycles. The van der Waals surface area contributed by atoms with Gasteiger partial charge in [-0.2, -0.15) is 0 Å². The molecule has 0 radical (unpaired) electrons. The molecule has 21 heavy (non-hydrogen) atoms. The lowest BCUT2D eigenvalue weighted by Gasteiger charge is -2.24. The Hall–Kier alpha value is -2.04. The molecule has 0 bridgehead atoms. The molecule has 0 saturated heterocycles. The molecule has 116 valence electrons. The van der Waals surface area contributed by atoms with Crippen molar-refractivity contribution in [1.82, 2.24) is 5.32 Å². The average molecular weight is 293 g/mol. The molecule has 1 aromatic rings.